The summed E-state index contributed by atoms with van der Waals surface area (Å²) in [6, 6.07) is 0. The van der Waals surface area contributed by atoms with Crippen LogP contribution in [-0.2, 0) is 7.05 Å². The number of aromatic amines is 1. The Kier molecular flexibility index (Phi) is 3.44. The highest BCUT2D eigenvalue weighted by molar-refractivity contribution is 5.58. The van der Waals surface area contributed by atoms with Crippen LogP contribution in [0.1, 0.15) is 25.5 Å². The largest absolute Gasteiger partial charge is 0.339 e. The average molecular weight is 289 g/mol. The first-order valence-corrected chi connectivity index (χ1v) is 7.39. The Balaban J connectivity index is 1.76. The SMILES string of the molecule is Cc1c(-c2nc(N3CCC(C)(CN)CC3)n[nH]2)cnn1C. The van der Waals surface area contributed by atoms with Crippen LogP contribution in [0, 0.1) is 12.3 Å². The van der Waals surface area contributed by atoms with E-state index in [1.165, 1.54) is 0 Å². The summed E-state index contributed by atoms with van der Waals surface area (Å²) < 4.78 is 1.84. The van der Waals surface area contributed by atoms with Crippen molar-refractivity contribution in [1.82, 2.24) is 25.0 Å². The highest BCUT2D eigenvalue weighted by atomic mass is 15.4. The van der Waals surface area contributed by atoms with Gasteiger partial charge in [-0.05, 0) is 31.7 Å². The van der Waals surface area contributed by atoms with E-state index < -0.39 is 0 Å². The number of nitrogens with two attached hydrogens (primary N) is 1. The van der Waals surface area contributed by atoms with E-state index in [-0.39, 0.29) is 5.41 Å². The lowest BCUT2D eigenvalue weighted by Crippen LogP contribution is -2.42. The third kappa shape index (κ3) is 2.53. The molecule has 0 bridgehead atoms. The Bertz CT molecular complexity index is 619. The van der Waals surface area contributed by atoms with Gasteiger partial charge in [-0.2, -0.15) is 10.1 Å². The number of nitrogens with one attached hydrogen (secondary N) is 1. The molecule has 3 heterocycles. The van der Waals surface area contributed by atoms with E-state index in [2.05, 4.69) is 32.1 Å². The van der Waals surface area contributed by atoms with Crippen molar-refractivity contribution in [3.63, 3.8) is 0 Å². The quantitative estimate of drug-likeness (QED) is 0.882. The highest BCUT2D eigenvalue weighted by Crippen LogP contribution is 2.31. The van der Waals surface area contributed by atoms with Crippen molar-refractivity contribution < 1.29 is 0 Å². The lowest BCUT2D eigenvalue weighted by Gasteiger charge is -2.38. The second-order valence-corrected chi connectivity index (χ2v) is 6.25. The van der Waals surface area contributed by atoms with Crippen LogP contribution >= 0.6 is 0 Å². The van der Waals surface area contributed by atoms with Gasteiger partial charge >= 0.3 is 0 Å². The molecule has 2 aromatic rings. The lowest BCUT2D eigenvalue weighted by molar-refractivity contribution is 0.257. The molecule has 1 fully saturated rings. The Morgan fingerprint density at radius 1 is 1.38 bits per heavy atom. The van der Waals surface area contributed by atoms with Crippen LogP contribution in [0.4, 0.5) is 5.95 Å². The number of piperidine rings is 1. The molecule has 0 unspecified atom stereocenters. The predicted molar refractivity (Wildman–Crippen MR) is 81.9 cm³/mol. The molecule has 114 valence electrons. The Morgan fingerprint density at radius 2 is 2.10 bits per heavy atom. The van der Waals surface area contributed by atoms with Gasteiger partial charge in [-0.25, -0.2) is 0 Å². The Labute approximate surface area is 124 Å². The first kappa shape index (κ1) is 14.1. The molecule has 0 aromatic carbocycles. The van der Waals surface area contributed by atoms with Gasteiger partial charge in [0.15, 0.2) is 5.82 Å². The smallest absolute Gasteiger partial charge is 0.245 e. The molecule has 3 N–H and O–H groups in total. The van der Waals surface area contributed by atoms with E-state index in [0.29, 0.717) is 0 Å². The van der Waals surface area contributed by atoms with Gasteiger partial charge in [0.25, 0.3) is 0 Å². The Hall–Kier alpha value is -1.89. The second kappa shape index (κ2) is 5.14. The normalized spacial score (nSPS) is 18.2. The number of aryl methyl sites for hydroxylation is 1. The van der Waals surface area contributed by atoms with E-state index >= 15 is 0 Å². The molecular weight excluding hydrogens is 266 g/mol. The molecular formula is C14H23N7. The number of H-pyrrole nitrogens is 1. The zero-order valence-electron chi connectivity index (χ0n) is 12.9. The summed E-state index contributed by atoms with van der Waals surface area (Å²) in [7, 11) is 1.93. The third-order valence-corrected chi connectivity index (χ3v) is 4.71. The zero-order chi connectivity index (χ0) is 15.0. The number of hydrogen-bond donors (Lipinski definition) is 2. The third-order valence-electron chi connectivity index (χ3n) is 4.71. The fourth-order valence-corrected chi connectivity index (χ4v) is 2.70. The summed E-state index contributed by atoms with van der Waals surface area (Å²) in [6.45, 7) is 6.94. The van der Waals surface area contributed by atoms with Crippen LogP contribution in [0.25, 0.3) is 11.4 Å². The highest BCUT2D eigenvalue weighted by Gasteiger charge is 2.30. The van der Waals surface area contributed by atoms with Crippen molar-refractivity contribution >= 4 is 5.95 Å². The maximum atomic E-state index is 5.86. The summed E-state index contributed by atoms with van der Waals surface area (Å²) in [6.07, 6.45) is 3.99. The molecule has 0 atom stereocenters. The Morgan fingerprint density at radius 3 is 2.67 bits per heavy atom. The summed E-state index contributed by atoms with van der Waals surface area (Å²) in [4.78, 5) is 6.85. The van der Waals surface area contributed by atoms with Crippen LogP contribution in [0.2, 0.25) is 0 Å². The van der Waals surface area contributed by atoms with E-state index in [4.69, 9.17) is 5.73 Å². The molecule has 1 aliphatic heterocycles. The molecule has 7 nitrogen and oxygen atoms in total. The molecule has 7 heteroatoms. The van der Waals surface area contributed by atoms with Crippen molar-refractivity contribution in [2.45, 2.75) is 26.7 Å². The minimum absolute atomic E-state index is 0.259. The molecule has 0 spiro atoms. The first-order valence-electron chi connectivity index (χ1n) is 7.39. The molecule has 1 saturated heterocycles. The van der Waals surface area contributed by atoms with E-state index in [9.17, 15) is 0 Å². The molecule has 1 aliphatic rings. The van der Waals surface area contributed by atoms with E-state index in [1.54, 1.807) is 0 Å². The predicted octanol–water partition coefficient (Wildman–Crippen LogP) is 1.08. The minimum Gasteiger partial charge on any atom is -0.339 e. The zero-order valence-corrected chi connectivity index (χ0v) is 12.9. The molecule has 0 radical (unpaired) electrons. The molecule has 0 amide bonds. The van der Waals surface area contributed by atoms with Crippen LogP contribution in [-0.4, -0.2) is 44.6 Å². The summed E-state index contributed by atoms with van der Waals surface area (Å²) >= 11 is 0. The average Bonchev–Trinajstić information content (AvgIpc) is 3.08. The summed E-state index contributed by atoms with van der Waals surface area (Å²) in [5, 5.41) is 11.6. The van der Waals surface area contributed by atoms with Crippen LogP contribution in [0.15, 0.2) is 6.20 Å². The van der Waals surface area contributed by atoms with Gasteiger partial charge in [0.2, 0.25) is 5.95 Å². The van der Waals surface area contributed by atoms with Crippen molar-refractivity contribution in [2.75, 3.05) is 24.5 Å². The van der Waals surface area contributed by atoms with E-state index in [1.807, 2.05) is 24.9 Å². The molecule has 3 rings (SSSR count). The van der Waals surface area contributed by atoms with Crippen LogP contribution < -0.4 is 10.6 Å². The second-order valence-electron chi connectivity index (χ2n) is 6.25. The summed E-state index contributed by atoms with van der Waals surface area (Å²) in [5.41, 5.74) is 8.19. The molecule has 0 aliphatic carbocycles. The standard InChI is InChI=1S/C14H23N7/c1-10-11(8-16-20(10)3)12-17-13(19-18-12)21-6-4-14(2,9-15)5-7-21/h8H,4-7,9,15H2,1-3H3,(H,17,18,19). The van der Waals surface area contributed by atoms with Gasteiger partial charge in [-0.15, -0.1) is 5.10 Å². The molecule has 21 heavy (non-hydrogen) atoms. The van der Waals surface area contributed by atoms with Crippen molar-refractivity contribution in [3.8, 4) is 11.4 Å². The van der Waals surface area contributed by atoms with Gasteiger partial charge in [-0.3, -0.25) is 9.78 Å². The summed E-state index contributed by atoms with van der Waals surface area (Å²) in [5.74, 6) is 1.55. The fourth-order valence-electron chi connectivity index (χ4n) is 2.70. The molecule has 0 saturated carbocycles. The van der Waals surface area contributed by atoms with E-state index in [0.717, 1.165) is 55.5 Å². The van der Waals surface area contributed by atoms with Crippen LogP contribution in [0.3, 0.4) is 0 Å². The van der Waals surface area contributed by atoms with Crippen molar-refractivity contribution in [3.05, 3.63) is 11.9 Å². The van der Waals surface area contributed by atoms with Gasteiger partial charge in [-0.1, -0.05) is 6.92 Å². The number of rotatable bonds is 3. The number of nitrogens with zero attached hydrogens (tertiary/aromatic N) is 5. The minimum atomic E-state index is 0.259. The van der Waals surface area contributed by atoms with Crippen molar-refractivity contribution in [1.29, 1.82) is 0 Å². The van der Waals surface area contributed by atoms with Gasteiger partial charge < -0.3 is 10.6 Å². The maximum Gasteiger partial charge on any atom is 0.245 e. The van der Waals surface area contributed by atoms with Crippen molar-refractivity contribution in [2.24, 2.45) is 18.2 Å². The number of anilines is 1. The first-order chi connectivity index (χ1) is 10.0. The van der Waals surface area contributed by atoms with Gasteiger partial charge in [0.1, 0.15) is 0 Å². The van der Waals surface area contributed by atoms with Gasteiger partial charge in [0, 0.05) is 25.8 Å². The number of aromatic nitrogens is 5. The topological polar surface area (TPSA) is 88.7 Å². The molecule has 2 aromatic heterocycles. The maximum absolute atomic E-state index is 5.86. The fraction of sp³-hybridized carbons (Fsp3) is 0.643. The lowest BCUT2D eigenvalue weighted by atomic mass is 9.81. The monoisotopic (exact) mass is 289 g/mol. The van der Waals surface area contributed by atoms with Crippen LogP contribution in [0.5, 0.6) is 0 Å². The number of hydrogen-bond acceptors (Lipinski definition) is 5. The van der Waals surface area contributed by atoms with Gasteiger partial charge in [0.05, 0.1) is 11.8 Å².